The van der Waals surface area contributed by atoms with Crippen LogP contribution in [-0.2, 0) is 24.3 Å². The molecule has 4 atom stereocenters. The first-order valence-electron chi connectivity index (χ1n) is 11.2. The summed E-state index contributed by atoms with van der Waals surface area (Å²) in [4.78, 5) is 11.3. The number of tetrazole rings is 1. The smallest absolute Gasteiger partial charge is 0.240 e. The van der Waals surface area contributed by atoms with Crippen molar-refractivity contribution in [3.05, 3.63) is 42.5 Å². The Kier molecular flexibility index (Phi) is 5.59. The van der Waals surface area contributed by atoms with Gasteiger partial charge in [0.15, 0.2) is 17.3 Å². The Morgan fingerprint density at radius 2 is 1.81 bits per heavy atom. The molecule has 13 nitrogen and oxygen atoms in total. The van der Waals surface area contributed by atoms with Gasteiger partial charge in [-0.25, -0.2) is 17.8 Å². The summed E-state index contributed by atoms with van der Waals surface area (Å²) in [5, 5.41) is 14.8. The molecule has 188 valence electrons. The molecule has 2 N–H and O–H groups in total. The monoisotopic (exact) mass is 514 g/mol. The molecule has 0 aliphatic carbocycles. The first-order valence-corrected chi connectivity index (χ1v) is 12.7. The summed E-state index contributed by atoms with van der Waals surface area (Å²) in [5.41, 5.74) is 1.25. The molecule has 1 amide bonds. The number of hydrogen-bond acceptors (Lipinski definition) is 10. The van der Waals surface area contributed by atoms with Gasteiger partial charge in [0.2, 0.25) is 22.7 Å². The third-order valence-corrected chi connectivity index (χ3v) is 7.76. The summed E-state index contributed by atoms with van der Waals surface area (Å²) in [6, 6.07) is 10.4. The van der Waals surface area contributed by atoms with Gasteiger partial charge < -0.3 is 24.3 Å². The Bertz CT molecular complexity index is 1410. The second-order valence-electron chi connectivity index (χ2n) is 8.61. The van der Waals surface area contributed by atoms with E-state index in [1.54, 1.807) is 10.7 Å². The zero-order valence-electron chi connectivity index (χ0n) is 19.0. The molecule has 14 heteroatoms. The van der Waals surface area contributed by atoms with Gasteiger partial charge in [-0.2, -0.15) is 0 Å². The number of carbonyl (C=O) groups is 1. The topological polar surface area (TPSA) is 156 Å². The standard InChI is InChI=1S/C22H22N6O7S/c1-12(29)23-14-3-5-15(6-4-14)36(30,31)25-16-9-32-21-17(10-33-20(16)21)28-22(24-26-27-28)13-2-7-18-19(8-13)35-11-34-18/h2-8,16-17,20-21,25H,9-11H2,1H3,(H,23,29). The van der Waals surface area contributed by atoms with Crippen molar-refractivity contribution in [1.82, 2.24) is 24.9 Å². The second kappa shape index (κ2) is 8.81. The third kappa shape index (κ3) is 4.07. The lowest BCUT2D eigenvalue weighted by molar-refractivity contribution is -0.114. The molecule has 4 unspecified atom stereocenters. The number of nitrogens with zero attached hydrogens (tertiary/aromatic N) is 4. The summed E-state index contributed by atoms with van der Waals surface area (Å²) in [6.45, 7) is 1.93. The van der Waals surface area contributed by atoms with Gasteiger partial charge in [-0.15, -0.1) is 5.10 Å². The van der Waals surface area contributed by atoms with E-state index in [9.17, 15) is 13.2 Å². The van der Waals surface area contributed by atoms with Crippen LogP contribution in [0, 0.1) is 0 Å². The lowest BCUT2D eigenvalue weighted by atomic mass is 10.1. The molecule has 3 aromatic rings. The van der Waals surface area contributed by atoms with Gasteiger partial charge in [-0.05, 0) is 52.9 Å². The fourth-order valence-electron chi connectivity index (χ4n) is 4.62. The fourth-order valence-corrected chi connectivity index (χ4v) is 5.85. The van der Waals surface area contributed by atoms with Crippen molar-refractivity contribution in [3.63, 3.8) is 0 Å². The lowest BCUT2D eigenvalue weighted by Crippen LogP contribution is -2.44. The number of fused-ring (bicyclic) bond motifs is 2. The molecule has 2 fully saturated rings. The number of amides is 1. The number of hydrogen-bond donors (Lipinski definition) is 2. The molecule has 2 aromatic carbocycles. The van der Waals surface area contributed by atoms with Gasteiger partial charge in [-0.3, -0.25) is 4.79 Å². The molecule has 3 aliphatic heterocycles. The highest BCUT2D eigenvalue weighted by molar-refractivity contribution is 7.89. The van der Waals surface area contributed by atoms with Crippen molar-refractivity contribution in [2.24, 2.45) is 0 Å². The zero-order chi connectivity index (χ0) is 24.9. The van der Waals surface area contributed by atoms with Crippen LogP contribution >= 0.6 is 0 Å². The van der Waals surface area contributed by atoms with Crippen molar-refractivity contribution in [2.45, 2.75) is 36.1 Å². The van der Waals surface area contributed by atoms with Crippen LogP contribution < -0.4 is 19.5 Å². The number of carbonyl (C=O) groups excluding carboxylic acids is 1. The minimum atomic E-state index is -3.85. The third-order valence-electron chi connectivity index (χ3n) is 6.26. The van der Waals surface area contributed by atoms with Crippen LogP contribution in [0.5, 0.6) is 11.5 Å². The quantitative estimate of drug-likeness (QED) is 0.480. The Hall–Kier alpha value is -3.59. The van der Waals surface area contributed by atoms with Gasteiger partial charge in [-0.1, -0.05) is 0 Å². The normalized spacial score (nSPS) is 24.6. The van der Waals surface area contributed by atoms with Crippen LogP contribution in [0.2, 0.25) is 0 Å². The number of ether oxygens (including phenoxy) is 4. The molecule has 0 radical (unpaired) electrons. The summed E-state index contributed by atoms with van der Waals surface area (Å²) >= 11 is 0. The van der Waals surface area contributed by atoms with Gasteiger partial charge in [0.05, 0.1) is 24.2 Å². The van der Waals surface area contributed by atoms with Crippen LogP contribution in [0.4, 0.5) is 5.69 Å². The Morgan fingerprint density at radius 1 is 1.03 bits per heavy atom. The van der Waals surface area contributed by atoms with Crippen molar-refractivity contribution in [2.75, 3.05) is 25.3 Å². The fraction of sp³-hybridized carbons (Fsp3) is 0.364. The van der Waals surface area contributed by atoms with E-state index in [2.05, 4.69) is 25.6 Å². The van der Waals surface area contributed by atoms with E-state index < -0.39 is 28.3 Å². The Balaban J connectivity index is 1.18. The number of aromatic nitrogens is 4. The van der Waals surface area contributed by atoms with Gasteiger partial charge in [0.1, 0.15) is 18.2 Å². The van der Waals surface area contributed by atoms with Crippen molar-refractivity contribution in [1.29, 1.82) is 0 Å². The molecule has 4 heterocycles. The lowest BCUT2D eigenvalue weighted by Gasteiger charge is -2.18. The first kappa shape index (κ1) is 22.8. The first-order chi connectivity index (χ1) is 17.4. The molecule has 36 heavy (non-hydrogen) atoms. The highest BCUT2D eigenvalue weighted by Gasteiger charge is 2.50. The molecule has 1 aromatic heterocycles. The Morgan fingerprint density at radius 3 is 2.61 bits per heavy atom. The predicted molar refractivity (Wildman–Crippen MR) is 123 cm³/mol. The van der Waals surface area contributed by atoms with E-state index in [0.29, 0.717) is 23.0 Å². The zero-order valence-corrected chi connectivity index (χ0v) is 19.8. The van der Waals surface area contributed by atoms with E-state index in [0.717, 1.165) is 5.56 Å². The number of sulfonamides is 1. The Labute approximate surface area is 205 Å². The molecule has 0 bridgehead atoms. The van der Waals surface area contributed by atoms with Crippen molar-refractivity contribution in [3.8, 4) is 22.9 Å². The van der Waals surface area contributed by atoms with E-state index in [1.165, 1.54) is 31.2 Å². The van der Waals surface area contributed by atoms with Crippen LogP contribution in [0.25, 0.3) is 11.4 Å². The molecular formula is C22H22N6O7S. The summed E-state index contributed by atoms with van der Waals surface area (Å²) in [7, 11) is -3.85. The minimum Gasteiger partial charge on any atom is -0.454 e. The maximum Gasteiger partial charge on any atom is 0.240 e. The van der Waals surface area contributed by atoms with Crippen LogP contribution in [-0.4, -0.2) is 72.8 Å². The number of nitrogens with one attached hydrogen (secondary N) is 2. The van der Waals surface area contributed by atoms with E-state index in [-0.39, 0.29) is 36.9 Å². The number of rotatable bonds is 6. The second-order valence-corrected chi connectivity index (χ2v) is 10.3. The molecular weight excluding hydrogens is 492 g/mol. The number of anilines is 1. The minimum absolute atomic E-state index is 0.0696. The average Bonchev–Trinajstić information content (AvgIpc) is 3.63. The molecule has 2 saturated heterocycles. The average molecular weight is 515 g/mol. The molecule has 0 saturated carbocycles. The summed E-state index contributed by atoms with van der Waals surface area (Å²) in [5.74, 6) is 1.53. The molecule has 6 rings (SSSR count). The van der Waals surface area contributed by atoms with Crippen molar-refractivity contribution >= 4 is 21.6 Å². The van der Waals surface area contributed by atoms with E-state index in [4.69, 9.17) is 18.9 Å². The highest BCUT2D eigenvalue weighted by atomic mass is 32.2. The maximum absolute atomic E-state index is 13.0. The van der Waals surface area contributed by atoms with Crippen LogP contribution in [0.1, 0.15) is 13.0 Å². The van der Waals surface area contributed by atoms with E-state index >= 15 is 0 Å². The van der Waals surface area contributed by atoms with E-state index in [1.807, 2.05) is 12.1 Å². The number of benzene rings is 2. The predicted octanol–water partition coefficient (Wildman–Crippen LogP) is 0.713. The highest BCUT2D eigenvalue weighted by Crippen LogP contribution is 2.38. The van der Waals surface area contributed by atoms with Crippen molar-refractivity contribution < 1.29 is 32.2 Å². The largest absolute Gasteiger partial charge is 0.454 e. The summed E-state index contributed by atoms with van der Waals surface area (Å²) in [6.07, 6.45) is -0.965. The van der Waals surface area contributed by atoms with Crippen LogP contribution in [0.3, 0.4) is 0 Å². The molecule has 0 spiro atoms. The van der Waals surface area contributed by atoms with Gasteiger partial charge in [0.25, 0.3) is 0 Å². The maximum atomic E-state index is 13.0. The summed E-state index contributed by atoms with van der Waals surface area (Å²) < 4.78 is 53.1. The molecule has 3 aliphatic rings. The van der Waals surface area contributed by atoms with Gasteiger partial charge >= 0.3 is 0 Å². The SMILES string of the molecule is CC(=O)Nc1ccc(S(=O)(=O)NC2COC3C2OCC3n2nnnc2-c2ccc3c(c2)OCO3)cc1. The van der Waals surface area contributed by atoms with Crippen LogP contribution in [0.15, 0.2) is 47.4 Å². The van der Waals surface area contributed by atoms with Gasteiger partial charge in [0, 0.05) is 18.2 Å².